The fraction of sp³-hybridized carbons (Fsp3) is 0.417. The van der Waals surface area contributed by atoms with Crippen LogP contribution in [0.3, 0.4) is 0 Å². The van der Waals surface area contributed by atoms with Crippen molar-refractivity contribution in [2.75, 3.05) is 5.75 Å². The lowest BCUT2D eigenvalue weighted by atomic mass is 10.1. The third-order valence-electron chi connectivity index (χ3n) is 2.55. The maximum Gasteiger partial charge on any atom is 0.0992 e. The molecule has 1 aromatic carbocycles. The molecule has 0 radical (unpaired) electrons. The highest BCUT2D eigenvalue weighted by molar-refractivity contribution is 9.10. The number of aliphatic imine (C=N–C) groups is 1. The van der Waals surface area contributed by atoms with Gasteiger partial charge in [-0.2, -0.15) is 0 Å². The second kappa shape index (κ2) is 4.71. The molecule has 0 amide bonds. The zero-order chi connectivity index (χ0) is 10.8. The van der Waals surface area contributed by atoms with Crippen LogP contribution in [-0.4, -0.2) is 16.8 Å². The minimum atomic E-state index is 0.483. The summed E-state index contributed by atoms with van der Waals surface area (Å²) in [5.41, 5.74) is 1.23. The second-order valence-corrected chi connectivity index (χ2v) is 5.90. The maximum absolute atomic E-state index is 4.77. The van der Waals surface area contributed by atoms with Crippen LogP contribution in [0.1, 0.15) is 19.4 Å². The molecule has 0 saturated heterocycles. The molecule has 1 nitrogen and oxygen atoms in total. The molecule has 0 bridgehead atoms. The largest absolute Gasteiger partial charge is 0.273 e. The first-order chi connectivity index (χ1) is 7.18. The van der Waals surface area contributed by atoms with Gasteiger partial charge in [0.25, 0.3) is 0 Å². The van der Waals surface area contributed by atoms with Crippen molar-refractivity contribution in [3.05, 3.63) is 34.3 Å². The van der Waals surface area contributed by atoms with Crippen molar-refractivity contribution in [3.8, 4) is 0 Å². The van der Waals surface area contributed by atoms with Gasteiger partial charge in [-0.3, -0.25) is 4.99 Å². The molecule has 1 aromatic rings. The number of halogens is 1. The molecule has 0 spiro atoms. The quantitative estimate of drug-likeness (QED) is 0.800. The van der Waals surface area contributed by atoms with Gasteiger partial charge in [-0.05, 0) is 12.0 Å². The monoisotopic (exact) mass is 283 g/mol. The highest BCUT2D eigenvalue weighted by atomic mass is 79.9. The van der Waals surface area contributed by atoms with Crippen molar-refractivity contribution < 1.29 is 0 Å². The number of nitrogens with zero attached hydrogens (tertiary/aromatic N) is 1. The lowest BCUT2D eigenvalue weighted by molar-refractivity contribution is 0.544. The number of benzene rings is 1. The van der Waals surface area contributed by atoms with E-state index in [9.17, 15) is 0 Å². The van der Waals surface area contributed by atoms with Gasteiger partial charge in [-0.1, -0.05) is 48.0 Å². The molecule has 0 saturated carbocycles. The summed E-state index contributed by atoms with van der Waals surface area (Å²) in [6.45, 7) is 4.47. The Morgan fingerprint density at radius 2 is 2.13 bits per heavy atom. The lowest BCUT2D eigenvalue weighted by Crippen LogP contribution is -2.11. The lowest BCUT2D eigenvalue weighted by Gasteiger charge is -2.08. The summed E-state index contributed by atoms with van der Waals surface area (Å²) < 4.78 is 1.14. The summed E-state index contributed by atoms with van der Waals surface area (Å²) in [4.78, 5) is 4.77. The van der Waals surface area contributed by atoms with E-state index in [1.807, 2.05) is 17.8 Å². The van der Waals surface area contributed by atoms with E-state index in [1.54, 1.807) is 0 Å². The van der Waals surface area contributed by atoms with Crippen LogP contribution in [0, 0.1) is 5.92 Å². The van der Waals surface area contributed by atoms with Crippen molar-refractivity contribution in [2.45, 2.75) is 19.9 Å². The first-order valence-electron chi connectivity index (χ1n) is 5.14. The molecule has 1 atom stereocenters. The standard InChI is InChI=1S/C12H14BrNS/c1-8(2)11-7-15-12(14-11)9-5-3-4-6-10(9)13/h3-6,8,11H,7H2,1-2H3/t11-/m1/s1. The molecule has 15 heavy (non-hydrogen) atoms. The average Bonchev–Trinajstić information content (AvgIpc) is 2.67. The fourth-order valence-corrected chi connectivity index (χ4v) is 3.45. The molecular weight excluding hydrogens is 270 g/mol. The van der Waals surface area contributed by atoms with E-state index in [0.717, 1.165) is 10.2 Å². The zero-order valence-electron chi connectivity index (χ0n) is 8.90. The fourth-order valence-electron chi connectivity index (χ4n) is 1.51. The SMILES string of the molecule is CC(C)[C@H]1CSC(c2ccccc2Br)=N1. The van der Waals surface area contributed by atoms with Crippen molar-refractivity contribution in [3.63, 3.8) is 0 Å². The maximum atomic E-state index is 4.77. The van der Waals surface area contributed by atoms with Crippen LogP contribution in [-0.2, 0) is 0 Å². The average molecular weight is 284 g/mol. The van der Waals surface area contributed by atoms with Gasteiger partial charge in [0.2, 0.25) is 0 Å². The van der Waals surface area contributed by atoms with Gasteiger partial charge in [-0.25, -0.2) is 0 Å². The molecule has 3 heteroatoms. The Bertz CT molecular complexity index is 387. The van der Waals surface area contributed by atoms with Gasteiger partial charge in [-0.15, -0.1) is 11.8 Å². The summed E-state index contributed by atoms with van der Waals surface area (Å²) in [7, 11) is 0. The number of rotatable bonds is 2. The summed E-state index contributed by atoms with van der Waals surface area (Å²) in [6.07, 6.45) is 0. The van der Waals surface area contributed by atoms with Crippen LogP contribution in [0.25, 0.3) is 0 Å². The van der Waals surface area contributed by atoms with E-state index in [4.69, 9.17) is 4.99 Å². The third-order valence-corrected chi connectivity index (χ3v) is 4.35. The number of thioether (sulfide) groups is 1. The van der Waals surface area contributed by atoms with Crippen molar-refractivity contribution in [2.24, 2.45) is 10.9 Å². The van der Waals surface area contributed by atoms with E-state index >= 15 is 0 Å². The Kier molecular flexibility index (Phi) is 3.52. The smallest absolute Gasteiger partial charge is 0.0992 e. The highest BCUT2D eigenvalue weighted by Crippen LogP contribution is 2.30. The van der Waals surface area contributed by atoms with Crippen LogP contribution < -0.4 is 0 Å². The van der Waals surface area contributed by atoms with E-state index in [1.165, 1.54) is 10.6 Å². The second-order valence-electron chi connectivity index (χ2n) is 4.04. The molecule has 0 aliphatic carbocycles. The summed E-state index contributed by atoms with van der Waals surface area (Å²) in [6, 6.07) is 8.77. The summed E-state index contributed by atoms with van der Waals surface area (Å²) in [5.74, 6) is 1.76. The Morgan fingerprint density at radius 1 is 1.40 bits per heavy atom. The van der Waals surface area contributed by atoms with Crippen LogP contribution in [0.15, 0.2) is 33.7 Å². The van der Waals surface area contributed by atoms with Crippen LogP contribution in [0.4, 0.5) is 0 Å². The summed E-state index contributed by atoms with van der Waals surface area (Å²) >= 11 is 5.44. The van der Waals surface area contributed by atoms with Crippen LogP contribution in [0.5, 0.6) is 0 Å². The van der Waals surface area contributed by atoms with Gasteiger partial charge in [0, 0.05) is 15.8 Å². The van der Waals surface area contributed by atoms with Crippen molar-refractivity contribution >= 4 is 32.7 Å². The normalized spacial score (nSPS) is 20.8. The highest BCUT2D eigenvalue weighted by Gasteiger charge is 2.22. The van der Waals surface area contributed by atoms with Crippen LogP contribution >= 0.6 is 27.7 Å². The van der Waals surface area contributed by atoms with Gasteiger partial charge >= 0.3 is 0 Å². The first kappa shape index (κ1) is 11.2. The minimum Gasteiger partial charge on any atom is -0.273 e. The molecule has 2 rings (SSSR count). The van der Waals surface area contributed by atoms with Crippen molar-refractivity contribution in [1.29, 1.82) is 0 Å². The van der Waals surface area contributed by atoms with Gasteiger partial charge in [0.15, 0.2) is 0 Å². The molecule has 0 fully saturated rings. The van der Waals surface area contributed by atoms with E-state index in [0.29, 0.717) is 12.0 Å². The van der Waals surface area contributed by atoms with E-state index in [2.05, 4.69) is 48.0 Å². The number of hydrogen-bond acceptors (Lipinski definition) is 2. The molecule has 1 heterocycles. The molecule has 0 aromatic heterocycles. The number of hydrogen-bond donors (Lipinski definition) is 0. The Labute approximate surface area is 104 Å². The van der Waals surface area contributed by atoms with Crippen LogP contribution in [0.2, 0.25) is 0 Å². The Hall–Kier alpha value is -0.280. The van der Waals surface area contributed by atoms with Crippen molar-refractivity contribution in [1.82, 2.24) is 0 Å². The van der Waals surface area contributed by atoms with Gasteiger partial charge in [0.1, 0.15) is 0 Å². The Balaban J connectivity index is 2.27. The molecule has 1 aliphatic heterocycles. The predicted molar refractivity (Wildman–Crippen MR) is 71.8 cm³/mol. The zero-order valence-corrected chi connectivity index (χ0v) is 11.3. The van der Waals surface area contributed by atoms with Gasteiger partial charge in [0.05, 0.1) is 11.1 Å². The summed E-state index contributed by atoms with van der Waals surface area (Å²) in [5, 5.41) is 1.18. The van der Waals surface area contributed by atoms with Gasteiger partial charge < -0.3 is 0 Å². The molecule has 80 valence electrons. The molecule has 0 unspecified atom stereocenters. The third kappa shape index (κ3) is 2.45. The topological polar surface area (TPSA) is 12.4 Å². The van der Waals surface area contributed by atoms with E-state index < -0.39 is 0 Å². The first-order valence-corrected chi connectivity index (χ1v) is 6.92. The molecular formula is C12H14BrNS. The Morgan fingerprint density at radius 3 is 2.73 bits per heavy atom. The predicted octanol–water partition coefficient (Wildman–Crippen LogP) is 3.97. The van der Waals surface area contributed by atoms with E-state index in [-0.39, 0.29) is 0 Å². The molecule has 0 N–H and O–H groups in total. The minimum absolute atomic E-state index is 0.483. The molecule has 1 aliphatic rings.